The van der Waals surface area contributed by atoms with Crippen LogP contribution in [0.1, 0.15) is 20.3 Å². The number of rotatable bonds is 1. The van der Waals surface area contributed by atoms with Gasteiger partial charge in [0.25, 0.3) is 0 Å². The highest BCUT2D eigenvalue weighted by Crippen LogP contribution is 2.31. The Bertz CT molecular complexity index is 363. The van der Waals surface area contributed by atoms with Crippen molar-refractivity contribution in [2.75, 3.05) is 31.9 Å². The summed E-state index contributed by atoms with van der Waals surface area (Å²) in [5.74, 6) is 0.164. The van der Waals surface area contributed by atoms with Gasteiger partial charge in [0.1, 0.15) is 0 Å². The second-order valence-corrected chi connectivity index (χ2v) is 6.99. The van der Waals surface area contributed by atoms with Gasteiger partial charge in [0.15, 0.2) is 0 Å². The molecule has 0 radical (unpaired) electrons. The molecule has 0 aliphatic carbocycles. The third kappa shape index (κ3) is 2.58. The van der Waals surface area contributed by atoms with Crippen LogP contribution in [0.5, 0.6) is 0 Å². The third-order valence-corrected chi connectivity index (χ3v) is 4.91. The predicted octanol–water partition coefficient (Wildman–Crippen LogP) is 1.34. The van der Waals surface area contributed by atoms with Crippen molar-refractivity contribution in [2.24, 2.45) is 5.41 Å². The van der Waals surface area contributed by atoms with Crippen LogP contribution in [0.4, 0.5) is 4.79 Å². The molecule has 0 bridgehead atoms. The van der Waals surface area contributed by atoms with Crippen molar-refractivity contribution < 1.29 is 14.7 Å². The highest BCUT2D eigenvalue weighted by atomic mass is 32.2. The predicted molar refractivity (Wildman–Crippen MR) is 70.8 cm³/mol. The molecular weight excluding hydrogens is 252 g/mol. The molecule has 2 saturated heterocycles. The summed E-state index contributed by atoms with van der Waals surface area (Å²) in [6.45, 7) is 6.27. The molecule has 2 atom stereocenters. The highest BCUT2D eigenvalue weighted by molar-refractivity contribution is 7.99. The molecule has 2 amide bonds. The van der Waals surface area contributed by atoms with Gasteiger partial charge in [-0.05, 0) is 13.3 Å². The van der Waals surface area contributed by atoms with Crippen molar-refractivity contribution in [3.8, 4) is 0 Å². The maximum absolute atomic E-state index is 12.3. The number of hydrogen-bond donors (Lipinski definition) is 1. The van der Waals surface area contributed by atoms with Crippen molar-refractivity contribution in [2.45, 2.75) is 25.5 Å². The van der Waals surface area contributed by atoms with Gasteiger partial charge in [-0.1, -0.05) is 6.92 Å². The lowest BCUT2D eigenvalue weighted by Gasteiger charge is -2.34. The summed E-state index contributed by atoms with van der Waals surface area (Å²) in [6, 6.07) is 0.00660. The lowest BCUT2D eigenvalue weighted by molar-refractivity contribution is -0.147. The molecule has 0 aromatic carbocycles. The summed E-state index contributed by atoms with van der Waals surface area (Å²) >= 11 is 1.88. The van der Waals surface area contributed by atoms with E-state index in [1.165, 1.54) is 0 Å². The summed E-state index contributed by atoms with van der Waals surface area (Å²) in [4.78, 5) is 27.0. The van der Waals surface area contributed by atoms with Crippen LogP contribution in [0.15, 0.2) is 0 Å². The summed E-state index contributed by atoms with van der Waals surface area (Å²) in [7, 11) is 0. The standard InChI is InChI=1S/C12H20N2O3S/c1-9-7-13(5-6-18-9)11(17)14-4-3-12(2,8-14)10(15)16/h9H,3-8H2,1-2H3,(H,15,16). The Hall–Kier alpha value is -0.910. The van der Waals surface area contributed by atoms with Crippen LogP contribution in [0.3, 0.4) is 0 Å². The molecule has 2 aliphatic rings. The molecule has 0 aromatic rings. The molecule has 1 N–H and O–H groups in total. The minimum Gasteiger partial charge on any atom is -0.481 e. The van der Waals surface area contributed by atoms with E-state index in [0.29, 0.717) is 24.8 Å². The molecule has 2 unspecified atom stereocenters. The number of nitrogens with zero attached hydrogens (tertiary/aromatic N) is 2. The number of urea groups is 1. The van der Waals surface area contributed by atoms with E-state index in [-0.39, 0.29) is 6.03 Å². The Morgan fingerprint density at radius 2 is 2.06 bits per heavy atom. The number of likely N-dealkylation sites (tertiary alicyclic amines) is 1. The first-order chi connectivity index (χ1) is 8.42. The molecule has 102 valence electrons. The van der Waals surface area contributed by atoms with Gasteiger partial charge in [-0.3, -0.25) is 4.79 Å². The zero-order valence-electron chi connectivity index (χ0n) is 10.9. The van der Waals surface area contributed by atoms with E-state index in [2.05, 4.69) is 6.92 Å². The Balaban J connectivity index is 1.97. The van der Waals surface area contributed by atoms with E-state index >= 15 is 0 Å². The first-order valence-electron chi connectivity index (χ1n) is 6.31. The molecule has 2 aliphatic heterocycles. The van der Waals surface area contributed by atoms with Crippen LogP contribution in [0.2, 0.25) is 0 Å². The zero-order chi connectivity index (χ0) is 13.3. The van der Waals surface area contributed by atoms with Gasteiger partial charge in [0.2, 0.25) is 0 Å². The number of carbonyl (C=O) groups excluding carboxylic acids is 1. The number of aliphatic carboxylic acids is 1. The fourth-order valence-corrected chi connectivity index (χ4v) is 3.50. The van der Waals surface area contributed by atoms with Crippen molar-refractivity contribution in [3.05, 3.63) is 0 Å². The molecule has 2 fully saturated rings. The SMILES string of the molecule is CC1CN(C(=O)N2CCC(C)(C(=O)O)C2)CCS1. The number of carboxylic acid groups (broad SMARTS) is 1. The van der Waals surface area contributed by atoms with E-state index < -0.39 is 11.4 Å². The van der Waals surface area contributed by atoms with E-state index in [9.17, 15) is 9.59 Å². The maximum Gasteiger partial charge on any atom is 0.320 e. The molecule has 2 rings (SSSR count). The number of carboxylic acids is 1. The van der Waals surface area contributed by atoms with Crippen LogP contribution in [0, 0.1) is 5.41 Å². The fourth-order valence-electron chi connectivity index (χ4n) is 2.49. The van der Waals surface area contributed by atoms with Gasteiger partial charge >= 0.3 is 12.0 Å². The molecule has 6 heteroatoms. The van der Waals surface area contributed by atoms with E-state index in [0.717, 1.165) is 18.8 Å². The summed E-state index contributed by atoms with van der Waals surface area (Å²) in [6.07, 6.45) is 0.548. The summed E-state index contributed by atoms with van der Waals surface area (Å²) < 4.78 is 0. The average molecular weight is 272 g/mol. The second kappa shape index (κ2) is 4.99. The number of thioether (sulfide) groups is 1. The average Bonchev–Trinajstić information content (AvgIpc) is 2.72. The summed E-state index contributed by atoms with van der Waals surface area (Å²) in [5.41, 5.74) is -0.772. The normalized spacial score (nSPS) is 32.7. The van der Waals surface area contributed by atoms with E-state index in [4.69, 9.17) is 5.11 Å². The van der Waals surface area contributed by atoms with Gasteiger partial charge in [0, 0.05) is 37.2 Å². The Labute approximate surface area is 112 Å². The van der Waals surface area contributed by atoms with Gasteiger partial charge in [0.05, 0.1) is 5.41 Å². The van der Waals surface area contributed by atoms with E-state index in [1.807, 2.05) is 16.7 Å². The van der Waals surface area contributed by atoms with Crippen LogP contribution in [0.25, 0.3) is 0 Å². The first-order valence-corrected chi connectivity index (χ1v) is 7.36. The molecular formula is C12H20N2O3S. The maximum atomic E-state index is 12.3. The zero-order valence-corrected chi connectivity index (χ0v) is 11.7. The van der Waals surface area contributed by atoms with Crippen LogP contribution in [-0.4, -0.2) is 64.1 Å². The molecule has 0 spiro atoms. The highest BCUT2D eigenvalue weighted by Gasteiger charge is 2.43. The second-order valence-electron chi connectivity index (χ2n) is 5.45. The lowest BCUT2D eigenvalue weighted by Crippen LogP contribution is -2.48. The van der Waals surface area contributed by atoms with Crippen molar-refractivity contribution in [1.29, 1.82) is 0 Å². The minimum atomic E-state index is -0.805. The van der Waals surface area contributed by atoms with Crippen molar-refractivity contribution in [3.63, 3.8) is 0 Å². The van der Waals surface area contributed by atoms with E-state index in [1.54, 1.807) is 11.8 Å². The third-order valence-electron chi connectivity index (χ3n) is 3.77. The van der Waals surface area contributed by atoms with Crippen LogP contribution in [-0.2, 0) is 4.79 Å². The molecule has 0 aromatic heterocycles. The van der Waals surface area contributed by atoms with Gasteiger partial charge in [-0.15, -0.1) is 0 Å². The van der Waals surface area contributed by atoms with Gasteiger partial charge < -0.3 is 14.9 Å². The Kier molecular flexibility index (Phi) is 3.75. The fraction of sp³-hybridized carbons (Fsp3) is 0.833. The number of carbonyl (C=O) groups is 2. The van der Waals surface area contributed by atoms with Crippen molar-refractivity contribution >= 4 is 23.8 Å². The quantitative estimate of drug-likeness (QED) is 0.782. The lowest BCUT2D eigenvalue weighted by atomic mass is 9.90. The molecule has 18 heavy (non-hydrogen) atoms. The van der Waals surface area contributed by atoms with Crippen molar-refractivity contribution in [1.82, 2.24) is 9.80 Å². The number of hydrogen-bond acceptors (Lipinski definition) is 3. The smallest absolute Gasteiger partial charge is 0.320 e. The molecule has 2 heterocycles. The first kappa shape index (κ1) is 13.5. The summed E-state index contributed by atoms with van der Waals surface area (Å²) in [5, 5.41) is 9.64. The molecule has 5 nitrogen and oxygen atoms in total. The minimum absolute atomic E-state index is 0.00660. The largest absolute Gasteiger partial charge is 0.481 e. The van der Waals surface area contributed by atoms with Crippen LogP contribution >= 0.6 is 11.8 Å². The monoisotopic (exact) mass is 272 g/mol. The molecule has 0 saturated carbocycles. The van der Waals surface area contributed by atoms with Gasteiger partial charge in [-0.2, -0.15) is 11.8 Å². The Morgan fingerprint density at radius 3 is 2.61 bits per heavy atom. The number of amides is 2. The van der Waals surface area contributed by atoms with Crippen LogP contribution < -0.4 is 0 Å². The topological polar surface area (TPSA) is 60.9 Å². The Morgan fingerprint density at radius 1 is 1.33 bits per heavy atom. The van der Waals surface area contributed by atoms with Gasteiger partial charge in [-0.25, -0.2) is 4.79 Å².